The third-order valence-electron chi connectivity index (χ3n) is 5.98. The van der Waals surface area contributed by atoms with E-state index in [0.717, 1.165) is 43.4 Å². The van der Waals surface area contributed by atoms with Crippen molar-refractivity contribution in [1.82, 2.24) is 14.7 Å². The first-order chi connectivity index (χ1) is 11.6. The largest absolute Gasteiger partial charge is 0.369 e. The van der Waals surface area contributed by atoms with Gasteiger partial charge in [0.25, 0.3) is 0 Å². The maximum Gasteiger partial charge on any atom is 0.0967 e. The monoisotopic (exact) mass is 363 g/mol. The molecule has 0 amide bonds. The molecule has 0 aromatic carbocycles. The number of rotatable bonds is 2. The Labute approximate surface area is 151 Å². The van der Waals surface area contributed by atoms with Crippen LogP contribution >= 0.6 is 22.9 Å². The minimum atomic E-state index is -0.0990. The maximum absolute atomic E-state index is 6.53. The maximum atomic E-state index is 6.53. The molecule has 0 radical (unpaired) electrons. The number of ether oxygens (including phenoxy) is 1. The Balaban J connectivity index is 1.35. The Bertz CT molecular complexity index is 771. The van der Waals surface area contributed by atoms with Crippen molar-refractivity contribution in [2.24, 2.45) is 7.05 Å². The first-order valence-electron chi connectivity index (χ1n) is 8.73. The van der Waals surface area contributed by atoms with Crippen molar-refractivity contribution in [3.05, 3.63) is 38.8 Å². The van der Waals surface area contributed by atoms with Gasteiger partial charge in [0, 0.05) is 48.7 Å². The molecule has 0 N–H and O–H groups in total. The van der Waals surface area contributed by atoms with Gasteiger partial charge < -0.3 is 4.74 Å². The lowest BCUT2D eigenvalue weighted by atomic mass is 9.79. The van der Waals surface area contributed by atoms with Crippen LogP contribution in [0.25, 0.3) is 0 Å². The summed E-state index contributed by atoms with van der Waals surface area (Å²) >= 11 is 8.18. The zero-order valence-electron chi connectivity index (χ0n) is 13.9. The van der Waals surface area contributed by atoms with Gasteiger partial charge in [0.1, 0.15) is 0 Å². The Morgan fingerprint density at radius 3 is 2.75 bits per heavy atom. The highest BCUT2D eigenvalue weighted by atomic mass is 35.5. The number of thiophene rings is 1. The lowest BCUT2D eigenvalue weighted by Crippen LogP contribution is -2.47. The number of aryl methyl sites for hydroxylation is 1. The lowest BCUT2D eigenvalue weighted by molar-refractivity contribution is -0.109. The first-order valence-corrected chi connectivity index (χ1v) is 9.92. The summed E-state index contributed by atoms with van der Waals surface area (Å²) in [5.74, 6) is 0. The summed E-state index contributed by atoms with van der Waals surface area (Å²) in [4.78, 5) is 4.04. The molecule has 3 aliphatic rings. The van der Waals surface area contributed by atoms with Gasteiger partial charge in [-0.15, -0.1) is 11.3 Å². The minimum Gasteiger partial charge on any atom is -0.369 e. The molecule has 2 fully saturated rings. The number of hydrogen-bond acceptors (Lipinski definition) is 4. The fourth-order valence-electron chi connectivity index (χ4n) is 4.33. The molecular weight excluding hydrogens is 342 g/mol. The molecule has 6 heteroatoms. The van der Waals surface area contributed by atoms with Crippen LogP contribution < -0.4 is 0 Å². The number of piperidine rings is 1. The number of fused-ring (bicyclic) bond motifs is 3. The first kappa shape index (κ1) is 15.4. The smallest absolute Gasteiger partial charge is 0.0967 e. The van der Waals surface area contributed by atoms with Crippen molar-refractivity contribution in [2.45, 2.75) is 43.2 Å². The second-order valence-electron chi connectivity index (χ2n) is 7.66. The van der Waals surface area contributed by atoms with Crippen LogP contribution in [-0.2, 0) is 29.3 Å². The molecule has 1 saturated carbocycles. The molecule has 0 unspecified atom stereocenters. The molecular formula is C18H22ClN3OS. The molecule has 2 aliphatic heterocycles. The van der Waals surface area contributed by atoms with Crippen LogP contribution in [0.2, 0.25) is 4.34 Å². The SMILES string of the molecule is Cn1cc(CN2CCC3(CC2)OCC2(CC2)c2sc(Cl)cc23)cn1. The molecule has 4 nitrogen and oxygen atoms in total. The molecule has 4 heterocycles. The van der Waals surface area contributed by atoms with E-state index in [0.29, 0.717) is 5.41 Å². The third kappa shape index (κ3) is 2.37. The zero-order chi connectivity index (χ0) is 16.4. The Hall–Kier alpha value is -0.880. The van der Waals surface area contributed by atoms with Crippen LogP contribution in [0.1, 0.15) is 41.7 Å². The fraction of sp³-hybridized carbons (Fsp3) is 0.611. The van der Waals surface area contributed by atoms with Crippen molar-refractivity contribution in [3.8, 4) is 0 Å². The molecule has 2 spiro atoms. The molecule has 0 bridgehead atoms. The molecule has 5 rings (SSSR count). The second-order valence-corrected chi connectivity index (χ2v) is 9.34. The third-order valence-corrected chi connectivity index (χ3v) is 7.49. The van der Waals surface area contributed by atoms with E-state index >= 15 is 0 Å². The Morgan fingerprint density at radius 2 is 2.08 bits per heavy atom. The quantitative estimate of drug-likeness (QED) is 0.815. The van der Waals surface area contributed by atoms with Crippen LogP contribution in [0.3, 0.4) is 0 Å². The fourth-order valence-corrected chi connectivity index (χ4v) is 5.88. The summed E-state index contributed by atoms with van der Waals surface area (Å²) < 4.78 is 9.33. The van der Waals surface area contributed by atoms with Gasteiger partial charge in [0.15, 0.2) is 0 Å². The standard InChI is InChI=1S/C18H22ClN3OS/c1-21-10-13(9-20-21)11-22-6-4-18(5-7-22)14-8-15(19)24-16(14)17(2-3-17)12-23-18/h8-10H,2-7,11-12H2,1H3. The van der Waals surface area contributed by atoms with Crippen LogP contribution in [0, 0.1) is 0 Å². The molecule has 0 atom stereocenters. The van der Waals surface area contributed by atoms with E-state index in [1.807, 2.05) is 17.9 Å². The topological polar surface area (TPSA) is 30.3 Å². The van der Waals surface area contributed by atoms with Gasteiger partial charge in [-0.05, 0) is 37.3 Å². The molecule has 128 valence electrons. The summed E-state index contributed by atoms with van der Waals surface area (Å²) in [6.45, 7) is 3.99. The van der Waals surface area contributed by atoms with Crippen molar-refractivity contribution < 1.29 is 4.74 Å². The second kappa shape index (κ2) is 5.31. The molecule has 2 aromatic heterocycles. The van der Waals surface area contributed by atoms with Gasteiger partial charge >= 0.3 is 0 Å². The van der Waals surface area contributed by atoms with Gasteiger partial charge in [-0.25, -0.2) is 0 Å². The number of hydrogen-bond donors (Lipinski definition) is 0. The highest BCUT2D eigenvalue weighted by Crippen LogP contribution is 2.60. The average molecular weight is 364 g/mol. The van der Waals surface area contributed by atoms with Crippen molar-refractivity contribution in [3.63, 3.8) is 0 Å². The summed E-state index contributed by atoms with van der Waals surface area (Å²) in [7, 11) is 1.97. The Morgan fingerprint density at radius 1 is 1.29 bits per heavy atom. The molecule has 1 aliphatic carbocycles. The van der Waals surface area contributed by atoms with Crippen molar-refractivity contribution in [1.29, 1.82) is 0 Å². The average Bonchev–Trinajstić information content (AvgIpc) is 3.06. The van der Waals surface area contributed by atoms with Crippen LogP contribution in [0.5, 0.6) is 0 Å². The number of halogens is 1. The van der Waals surface area contributed by atoms with Gasteiger partial charge in [0.05, 0.1) is 22.7 Å². The van der Waals surface area contributed by atoms with Gasteiger partial charge in [-0.1, -0.05) is 11.6 Å². The van der Waals surface area contributed by atoms with Crippen LogP contribution in [0.15, 0.2) is 18.5 Å². The van der Waals surface area contributed by atoms with E-state index in [1.54, 1.807) is 11.3 Å². The van der Waals surface area contributed by atoms with Crippen molar-refractivity contribution >= 4 is 22.9 Å². The summed E-state index contributed by atoms with van der Waals surface area (Å²) in [6.07, 6.45) is 8.72. The molecule has 2 aromatic rings. The van der Waals surface area contributed by atoms with Crippen molar-refractivity contribution in [2.75, 3.05) is 19.7 Å². The van der Waals surface area contributed by atoms with Gasteiger partial charge in [0.2, 0.25) is 0 Å². The highest BCUT2D eigenvalue weighted by Gasteiger charge is 2.55. The highest BCUT2D eigenvalue weighted by molar-refractivity contribution is 7.16. The lowest BCUT2D eigenvalue weighted by Gasteiger charge is -2.46. The summed E-state index contributed by atoms with van der Waals surface area (Å²) in [6, 6.07) is 2.19. The number of nitrogens with zero attached hydrogens (tertiary/aromatic N) is 3. The predicted octanol–water partition coefficient (Wildman–Crippen LogP) is 3.69. The zero-order valence-corrected chi connectivity index (χ0v) is 15.5. The van der Waals surface area contributed by atoms with Gasteiger partial charge in [-0.3, -0.25) is 9.58 Å². The molecule has 24 heavy (non-hydrogen) atoms. The Kier molecular flexibility index (Phi) is 3.40. The van der Waals surface area contributed by atoms with E-state index in [-0.39, 0.29) is 5.60 Å². The predicted molar refractivity (Wildman–Crippen MR) is 95.6 cm³/mol. The van der Waals surface area contributed by atoms with E-state index < -0.39 is 0 Å². The van der Waals surface area contributed by atoms with Gasteiger partial charge in [-0.2, -0.15) is 5.10 Å². The minimum absolute atomic E-state index is 0.0990. The molecule has 1 saturated heterocycles. The van der Waals surface area contributed by atoms with Crippen LogP contribution in [-0.4, -0.2) is 34.4 Å². The van der Waals surface area contributed by atoms with E-state index in [9.17, 15) is 0 Å². The van der Waals surface area contributed by atoms with E-state index in [1.165, 1.54) is 28.8 Å². The summed E-state index contributed by atoms with van der Waals surface area (Å²) in [5.41, 5.74) is 2.90. The summed E-state index contributed by atoms with van der Waals surface area (Å²) in [5, 5.41) is 4.27. The van der Waals surface area contributed by atoms with E-state index in [4.69, 9.17) is 16.3 Å². The number of likely N-dealkylation sites (tertiary alicyclic amines) is 1. The number of aromatic nitrogens is 2. The van der Waals surface area contributed by atoms with E-state index in [2.05, 4.69) is 22.3 Å². The normalized spacial score (nSPS) is 24.4. The van der Waals surface area contributed by atoms with Crippen LogP contribution in [0.4, 0.5) is 0 Å².